The van der Waals surface area contributed by atoms with Gasteiger partial charge in [0.2, 0.25) is 0 Å². The SMILES string of the molecule is O=C(O)[C@H]1CC[C@@H](c2ccccc2)C1. The normalized spacial score (nSPS) is 26.3. The highest BCUT2D eigenvalue weighted by atomic mass is 16.4. The smallest absolute Gasteiger partial charge is 0.306 e. The molecule has 1 N–H and O–H groups in total. The minimum atomic E-state index is -0.636. The van der Waals surface area contributed by atoms with E-state index in [0.29, 0.717) is 5.92 Å². The number of rotatable bonds is 2. The van der Waals surface area contributed by atoms with E-state index in [4.69, 9.17) is 5.11 Å². The molecular formula is C12H14O2. The van der Waals surface area contributed by atoms with Crippen LogP contribution in [0.3, 0.4) is 0 Å². The largest absolute Gasteiger partial charge is 0.481 e. The summed E-state index contributed by atoms with van der Waals surface area (Å²) in [7, 11) is 0. The Labute approximate surface area is 83.6 Å². The molecule has 0 amide bonds. The fourth-order valence-corrected chi connectivity index (χ4v) is 2.23. The third-order valence-corrected chi connectivity index (χ3v) is 3.05. The highest BCUT2D eigenvalue weighted by Crippen LogP contribution is 2.38. The van der Waals surface area contributed by atoms with Gasteiger partial charge in [-0.15, -0.1) is 0 Å². The van der Waals surface area contributed by atoms with Gasteiger partial charge in [0.15, 0.2) is 0 Å². The molecule has 1 aliphatic carbocycles. The molecule has 0 radical (unpaired) electrons. The molecule has 2 nitrogen and oxygen atoms in total. The van der Waals surface area contributed by atoms with Gasteiger partial charge in [0.25, 0.3) is 0 Å². The second-order valence-corrected chi connectivity index (χ2v) is 3.96. The van der Waals surface area contributed by atoms with Crippen molar-refractivity contribution in [3.8, 4) is 0 Å². The number of hydrogen-bond acceptors (Lipinski definition) is 1. The highest BCUT2D eigenvalue weighted by molar-refractivity contribution is 5.70. The van der Waals surface area contributed by atoms with Gasteiger partial charge in [0, 0.05) is 0 Å². The van der Waals surface area contributed by atoms with Crippen molar-refractivity contribution in [3.05, 3.63) is 35.9 Å². The molecule has 0 heterocycles. The van der Waals surface area contributed by atoms with Crippen molar-refractivity contribution in [2.75, 3.05) is 0 Å². The first-order chi connectivity index (χ1) is 6.77. The summed E-state index contributed by atoms with van der Waals surface area (Å²) in [6, 6.07) is 10.2. The van der Waals surface area contributed by atoms with Crippen LogP contribution in [0.1, 0.15) is 30.7 Å². The first-order valence-electron chi connectivity index (χ1n) is 5.05. The van der Waals surface area contributed by atoms with Crippen molar-refractivity contribution in [2.24, 2.45) is 5.92 Å². The molecule has 2 rings (SSSR count). The summed E-state index contributed by atoms with van der Waals surface area (Å²) in [5.41, 5.74) is 1.29. The first kappa shape index (κ1) is 9.25. The zero-order chi connectivity index (χ0) is 9.97. The summed E-state index contributed by atoms with van der Waals surface area (Å²) in [5.74, 6) is -0.305. The lowest BCUT2D eigenvalue weighted by atomic mass is 9.96. The molecule has 1 aromatic carbocycles. The maximum absolute atomic E-state index is 10.8. The Balaban J connectivity index is 2.06. The average molecular weight is 190 g/mol. The van der Waals surface area contributed by atoms with Crippen molar-refractivity contribution >= 4 is 5.97 Å². The Hall–Kier alpha value is -1.31. The maximum Gasteiger partial charge on any atom is 0.306 e. The Bertz CT molecular complexity index is 318. The quantitative estimate of drug-likeness (QED) is 0.778. The topological polar surface area (TPSA) is 37.3 Å². The van der Waals surface area contributed by atoms with E-state index >= 15 is 0 Å². The molecule has 0 aromatic heterocycles. The molecule has 1 aromatic rings. The van der Waals surface area contributed by atoms with Gasteiger partial charge in [-0.1, -0.05) is 30.3 Å². The number of benzene rings is 1. The van der Waals surface area contributed by atoms with Gasteiger partial charge < -0.3 is 5.11 Å². The molecule has 1 saturated carbocycles. The Morgan fingerprint density at radius 3 is 2.50 bits per heavy atom. The summed E-state index contributed by atoms with van der Waals surface area (Å²) >= 11 is 0. The van der Waals surface area contributed by atoms with Crippen LogP contribution in [0, 0.1) is 5.92 Å². The number of aliphatic carboxylic acids is 1. The molecule has 0 spiro atoms. The summed E-state index contributed by atoms with van der Waals surface area (Å²) in [6.07, 6.45) is 2.65. The van der Waals surface area contributed by atoms with Crippen LogP contribution in [0.25, 0.3) is 0 Å². The van der Waals surface area contributed by atoms with E-state index in [0.717, 1.165) is 19.3 Å². The van der Waals surface area contributed by atoms with Crippen molar-refractivity contribution in [1.82, 2.24) is 0 Å². The molecule has 0 unspecified atom stereocenters. The maximum atomic E-state index is 10.8. The molecule has 0 saturated heterocycles. The van der Waals surface area contributed by atoms with Crippen molar-refractivity contribution < 1.29 is 9.90 Å². The molecule has 14 heavy (non-hydrogen) atoms. The number of carboxylic acids is 1. The fraction of sp³-hybridized carbons (Fsp3) is 0.417. The van der Waals surface area contributed by atoms with E-state index in [1.807, 2.05) is 18.2 Å². The van der Waals surface area contributed by atoms with Crippen LogP contribution in [-0.2, 0) is 4.79 Å². The lowest BCUT2D eigenvalue weighted by Gasteiger charge is -2.08. The van der Waals surface area contributed by atoms with Gasteiger partial charge in [-0.3, -0.25) is 4.79 Å². The highest BCUT2D eigenvalue weighted by Gasteiger charge is 2.30. The van der Waals surface area contributed by atoms with E-state index in [1.54, 1.807) is 0 Å². The molecule has 0 bridgehead atoms. The van der Waals surface area contributed by atoms with Crippen LogP contribution in [0.4, 0.5) is 0 Å². The zero-order valence-corrected chi connectivity index (χ0v) is 8.02. The molecular weight excluding hydrogens is 176 g/mol. The second-order valence-electron chi connectivity index (χ2n) is 3.96. The fourth-order valence-electron chi connectivity index (χ4n) is 2.23. The van der Waals surface area contributed by atoms with Gasteiger partial charge in [-0.2, -0.15) is 0 Å². The molecule has 2 heteroatoms. The lowest BCUT2D eigenvalue weighted by molar-refractivity contribution is -0.141. The number of carboxylic acid groups (broad SMARTS) is 1. The van der Waals surface area contributed by atoms with Gasteiger partial charge in [-0.05, 0) is 30.7 Å². The minimum absolute atomic E-state index is 0.125. The average Bonchev–Trinajstić information content (AvgIpc) is 2.68. The van der Waals surface area contributed by atoms with Gasteiger partial charge in [0.1, 0.15) is 0 Å². The number of carbonyl (C=O) groups is 1. The second kappa shape index (κ2) is 3.82. The standard InChI is InChI=1S/C12H14O2/c13-12(14)11-7-6-10(8-11)9-4-2-1-3-5-9/h1-5,10-11H,6-8H2,(H,13,14)/t10-,11+/m1/s1. The molecule has 74 valence electrons. The van der Waals surface area contributed by atoms with Crippen LogP contribution in [0.15, 0.2) is 30.3 Å². The molecule has 1 fully saturated rings. The van der Waals surface area contributed by atoms with Crippen molar-refractivity contribution in [2.45, 2.75) is 25.2 Å². The Morgan fingerprint density at radius 2 is 1.93 bits per heavy atom. The summed E-state index contributed by atoms with van der Waals surface area (Å²) in [5, 5.41) is 8.88. The van der Waals surface area contributed by atoms with E-state index in [-0.39, 0.29) is 5.92 Å². The minimum Gasteiger partial charge on any atom is -0.481 e. The number of hydrogen-bond donors (Lipinski definition) is 1. The Morgan fingerprint density at radius 1 is 1.21 bits per heavy atom. The van der Waals surface area contributed by atoms with Crippen molar-refractivity contribution in [3.63, 3.8) is 0 Å². The summed E-state index contributed by atoms with van der Waals surface area (Å²) < 4.78 is 0. The van der Waals surface area contributed by atoms with Gasteiger partial charge >= 0.3 is 5.97 Å². The lowest BCUT2D eigenvalue weighted by Crippen LogP contribution is -2.09. The van der Waals surface area contributed by atoms with Crippen LogP contribution in [-0.4, -0.2) is 11.1 Å². The van der Waals surface area contributed by atoms with Crippen molar-refractivity contribution in [1.29, 1.82) is 0 Å². The van der Waals surface area contributed by atoms with E-state index in [9.17, 15) is 4.79 Å². The summed E-state index contributed by atoms with van der Waals surface area (Å²) in [6.45, 7) is 0. The monoisotopic (exact) mass is 190 g/mol. The Kier molecular flexibility index (Phi) is 2.53. The predicted molar refractivity (Wildman–Crippen MR) is 54.2 cm³/mol. The van der Waals surface area contributed by atoms with Crippen LogP contribution < -0.4 is 0 Å². The molecule has 1 aliphatic rings. The van der Waals surface area contributed by atoms with E-state index in [1.165, 1.54) is 5.56 Å². The third-order valence-electron chi connectivity index (χ3n) is 3.05. The first-order valence-corrected chi connectivity index (χ1v) is 5.05. The molecule has 0 aliphatic heterocycles. The van der Waals surface area contributed by atoms with Crippen LogP contribution >= 0.6 is 0 Å². The van der Waals surface area contributed by atoms with E-state index < -0.39 is 5.97 Å². The van der Waals surface area contributed by atoms with E-state index in [2.05, 4.69) is 12.1 Å². The van der Waals surface area contributed by atoms with Crippen LogP contribution in [0.2, 0.25) is 0 Å². The van der Waals surface area contributed by atoms with Gasteiger partial charge in [0.05, 0.1) is 5.92 Å². The third kappa shape index (κ3) is 1.79. The van der Waals surface area contributed by atoms with Crippen LogP contribution in [0.5, 0.6) is 0 Å². The van der Waals surface area contributed by atoms with Gasteiger partial charge in [-0.25, -0.2) is 0 Å². The zero-order valence-electron chi connectivity index (χ0n) is 8.02. The predicted octanol–water partition coefficient (Wildman–Crippen LogP) is 2.65. The molecule has 2 atom stereocenters. The summed E-state index contributed by atoms with van der Waals surface area (Å²) in [4.78, 5) is 10.8.